The van der Waals surface area contributed by atoms with Gasteiger partial charge < -0.3 is 16.2 Å². The highest BCUT2D eigenvalue weighted by Crippen LogP contribution is 1.99. The number of carbonyl (C=O) groups is 2. The summed E-state index contributed by atoms with van der Waals surface area (Å²) in [6.45, 7) is 1.78. The molecule has 12 heavy (non-hydrogen) atoms. The Hall–Kier alpha value is -1.26. The zero-order valence-electron chi connectivity index (χ0n) is 7.04. The summed E-state index contributed by atoms with van der Waals surface area (Å²) in [4.78, 5) is 20.4. The summed E-state index contributed by atoms with van der Waals surface area (Å²) in [5.74, 6) is -0.818. The molecule has 5 nitrogen and oxygen atoms in total. The monoisotopic (exact) mass is 174 g/mol. The number of nitrogens with two attached hydrogens (primary N) is 1. The second-order valence-electron chi connectivity index (χ2n) is 2.70. The smallest absolute Gasteiger partial charge is 0.312 e. The van der Waals surface area contributed by atoms with Gasteiger partial charge in [0, 0.05) is 12.5 Å². The normalized spacial score (nSPS) is 12.1. The first-order valence-corrected chi connectivity index (χ1v) is 3.80. The van der Waals surface area contributed by atoms with Gasteiger partial charge in [0.1, 0.15) is 0 Å². The fourth-order valence-electron chi connectivity index (χ4n) is 0.874. The van der Waals surface area contributed by atoms with Crippen molar-refractivity contribution in [2.45, 2.75) is 32.2 Å². The molecule has 5 heteroatoms. The zero-order valence-corrected chi connectivity index (χ0v) is 7.04. The molecule has 0 spiro atoms. The lowest BCUT2D eigenvalue weighted by molar-refractivity contribution is -0.137. The number of carbonyl (C=O) groups excluding carboxylic acids is 1. The molecular weight excluding hydrogens is 160 g/mol. The van der Waals surface area contributed by atoms with Gasteiger partial charge in [-0.05, 0) is 19.8 Å². The number of amides is 2. The molecule has 0 aromatic heterocycles. The van der Waals surface area contributed by atoms with E-state index >= 15 is 0 Å². The zero-order chi connectivity index (χ0) is 9.56. The van der Waals surface area contributed by atoms with E-state index in [-0.39, 0.29) is 12.5 Å². The molecule has 0 aromatic rings. The molecule has 0 bridgehead atoms. The van der Waals surface area contributed by atoms with E-state index in [1.54, 1.807) is 6.92 Å². The van der Waals surface area contributed by atoms with Gasteiger partial charge in [-0.2, -0.15) is 0 Å². The lowest BCUT2D eigenvalue weighted by Gasteiger charge is -2.10. The van der Waals surface area contributed by atoms with Crippen LogP contribution >= 0.6 is 0 Å². The number of carboxylic acids is 1. The molecule has 4 N–H and O–H groups in total. The molecule has 0 aliphatic rings. The van der Waals surface area contributed by atoms with Crippen molar-refractivity contribution in [1.29, 1.82) is 0 Å². The Morgan fingerprint density at radius 1 is 1.58 bits per heavy atom. The molecule has 0 saturated heterocycles. The molecule has 1 atom stereocenters. The number of aliphatic carboxylic acids is 1. The topological polar surface area (TPSA) is 92.4 Å². The van der Waals surface area contributed by atoms with Crippen LogP contribution in [0.3, 0.4) is 0 Å². The Labute approximate surface area is 70.9 Å². The third-order valence-electron chi connectivity index (χ3n) is 1.42. The molecule has 0 aliphatic carbocycles. The van der Waals surface area contributed by atoms with Gasteiger partial charge in [0.15, 0.2) is 0 Å². The van der Waals surface area contributed by atoms with Gasteiger partial charge >= 0.3 is 12.0 Å². The first-order chi connectivity index (χ1) is 5.52. The van der Waals surface area contributed by atoms with Crippen molar-refractivity contribution < 1.29 is 14.7 Å². The maximum absolute atomic E-state index is 10.3. The van der Waals surface area contributed by atoms with Crippen molar-refractivity contribution in [3.8, 4) is 0 Å². The van der Waals surface area contributed by atoms with Crippen molar-refractivity contribution >= 4 is 12.0 Å². The lowest BCUT2D eigenvalue weighted by Crippen LogP contribution is -2.36. The molecule has 0 heterocycles. The predicted molar refractivity (Wildman–Crippen MR) is 43.7 cm³/mol. The van der Waals surface area contributed by atoms with E-state index in [0.717, 1.165) is 0 Å². The van der Waals surface area contributed by atoms with E-state index in [0.29, 0.717) is 12.8 Å². The van der Waals surface area contributed by atoms with E-state index < -0.39 is 12.0 Å². The summed E-state index contributed by atoms with van der Waals surface area (Å²) in [6, 6.07) is -0.625. The van der Waals surface area contributed by atoms with Crippen molar-refractivity contribution in [2.75, 3.05) is 0 Å². The lowest BCUT2D eigenvalue weighted by atomic mass is 10.1. The van der Waals surface area contributed by atoms with E-state index in [9.17, 15) is 9.59 Å². The van der Waals surface area contributed by atoms with Gasteiger partial charge in [-0.15, -0.1) is 0 Å². The predicted octanol–water partition coefficient (Wildman–Crippen LogP) is 0.298. The number of hydrogen-bond donors (Lipinski definition) is 3. The summed E-state index contributed by atoms with van der Waals surface area (Å²) in [5.41, 5.74) is 4.86. The first-order valence-electron chi connectivity index (χ1n) is 3.80. The maximum atomic E-state index is 10.3. The van der Waals surface area contributed by atoms with Crippen LogP contribution in [0.15, 0.2) is 0 Å². The minimum absolute atomic E-state index is 0.0538. The SMILES string of the molecule is CC(CCCC(=O)O)NC(N)=O. The van der Waals surface area contributed by atoms with E-state index in [1.165, 1.54) is 0 Å². The molecule has 0 rings (SSSR count). The largest absolute Gasteiger partial charge is 0.481 e. The second-order valence-corrected chi connectivity index (χ2v) is 2.70. The van der Waals surface area contributed by atoms with Crippen LogP contribution in [0.4, 0.5) is 4.79 Å². The van der Waals surface area contributed by atoms with E-state index in [1.807, 2.05) is 0 Å². The number of nitrogens with one attached hydrogen (secondary N) is 1. The summed E-state index contributed by atoms with van der Waals surface area (Å²) in [6.07, 6.45) is 1.32. The van der Waals surface area contributed by atoms with Gasteiger partial charge in [-0.25, -0.2) is 4.79 Å². The molecule has 0 fully saturated rings. The highest BCUT2D eigenvalue weighted by molar-refractivity contribution is 5.71. The standard InChI is InChI=1S/C7H14N2O3/c1-5(9-7(8)12)3-2-4-6(10)11/h5H,2-4H2,1H3,(H,10,11)(H3,8,9,12). The van der Waals surface area contributed by atoms with E-state index in [4.69, 9.17) is 10.8 Å². The van der Waals surface area contributed by atoms with Crippen LogP contribution in [0, 0.1) is 0 Å². The molecular formula is C7H14N2O3. The molecule has 70 valence electrons. The van der Waals surface area contributed by atoms with Gasteiger partial charge in [0.2, 0.25) is 0 Å². The third-order valence-corrected chi connectivity index (χ3v) is 1.42. The second kappa shape index (κ2) is 5.40. The van der Waals surface area contributed by atoms with Crippen LogP contribution in [0.25, 0.3) is 0 Å². The molecule has 2 amide bonds. The number of urea groups is 1. The minimum atomic E-state index is -0.818. The van der Waals surface area contributed by atoms with Gasteiger partial charge in [-0.3, -0.25) is 4.79 Å². The summed E-state index contributed by atoms with van der Waals surface area (Å²) in [7, 11) is 0. The van der Waals surface area contributed by atoms with Crippen molar-refractivity contribution in [1.82, 2.24) is 5.32 Å². The minimum Gasteiger partial charge on any atom is -0.481 e. The highest BCUT2D eigenvalue weighted by atomic mass is 16.4. The fourth-order valence-corrected chi connectivity index (χ4v) is 0.874. The average molecular weight is 174 g/mol. The number of primary amides is 1. The Bertz CT molecular complexity index is 170. The van der Waals surface area contributed by atoms with Crippen LogP contribution in [-0.4, -0.2) is 23.1 Å². The van der Waals surface area contributed by atoms with Crippen LogP contribution in [0.5, 0.6) is 0 Å². The average Bonchev–Trinajstić information content (AvgIpc) is 1.84. The van der Waals surface area contributed by atoms with Gasteiger partial charge in [-0.1, -0.05) is 0 Å². The first kappa shape index (κ1) is 10.7. The number of carboxylic acid groups (broad SMARTS) is 1. The molecule has 1 unspecified atom stereocenters. The maximum Gasteiger partial charge on any atom is 0.312 e. The molecule has 0 saturated carbocycles. The Kier molecular flexibility index (Phi) is 4.83. The van der Waals surface area contributed by atoms with Crippen LogP contribution < -0.4 is 11.1 Å². The highest BCUT2D eigenvalue weighted by Gasteiger charge is 2.04. The van der Waals surface area contributed by atoms with Gasteiger partial charge in [0.25, 0.3) is 0 Å². The number of rotatable bonds is 5. The Morgan fingerprint density at radius 2 is 2.17 bits per heavy atom. The summed E-state index contributed by atoms with van der Waals surface area (Å²) < 4.78 is 0. The number of hydrogen-bond acceptors (Lipinski definition) is 2. The van der Waals surface area contributed by atoms with Crippen molar-refractivity contribution in [3.05, 3.63) is 0 Å². The molecule has 0 aliphatic heterocycles. The fraction of sp³-hybridized carbons (Fsp3) is 0.714. The Balaban J connectivity index is 3.37. The summed E-state index contributed by atoms with van der Waals surface area (Å²) in [5, 5.41) is 10.8. The molecule has 0 aromatic carbocycles. The van der Waals surface area contributed by atoms with E-state index in [2.05, 4.69) is 5.32 Å². The van der Waals surface area contributed by atoms with Crippen LogP contribution in [0.1, 0.15) is 26.2 Å². The quantitative estimate of drug-likeness (QED) is 0.559. The van der Waals surface area contributed by atoms with Crippen LogP contribution in [-0.2, 0) is 4.79 Å². The van der Waals surface area contributed by atoms with Crippen molar-refractivity contribution in [3.63, 3.8) is 0 Å². The summed E-state index contributed by atoms with van der Waals surface area (Å²) >= 11 is 0. The molecule has 0 radical (unpaired) electrons. The van der Waals surface area contributed by atoms with Crippen molar-refractivity contribution in [2.24, 2.45) is 5.73 Å². The van der Waals surface area contributed by atoms with Gasteiger partial charge in [0.05, 0.1) is 0 Å². The third kappa shape index (κ3) is 6.85. The van der Waals surface area contributed by atoms with Crippen LogP contribution in [0.2, 0.25) is 0 Å². The Morgan fingerprint density at radius 3 is 2.58 bits per heavy atom.